The Kier molecular flexibility index (Phi) is 6.46. The maximum Gasteiger partial charge on any atom is 0.242 e. The summed E-state index contributed by atoms with van der Waals surface area (Å²) in [7, 11) is 0. The number of carbonyl (C=O) groups excluding carboxylic acids is 5. The summed E-state index contributed by atoms with van der Waals surface area (Å²) in [5.41, 5.74) is 0. The second-order valence-electron chi connectivity index (χ2n) is 6.66. The maximum atomic E-state index is 12.3. The number of rotatable bonds is 6. The van der Waals surface area contributed by atoms with E-state index >= 15 is 0 Å². The summed E-state index contributed by atoms with van der Waals surface area (Å²) in [5.74, 6) is -1.17. The number of Topliss-reactive ketones (excluding diaryl/α,β-unsaturated/α-hetero) is 1. The van der Waals surface area contributed by atoms with Gasteiger partial charge in [0.2, 0.25) is 23.6 Å². The van der Waals surface area contributed by atoms with Crippen molar-refractivity contribution in [2.75, 3.05) is 32.7 Å². The van der Waals surface area contributed by atoms with E-state index in [-0.39, 0.29) is 61.6 Å². The van der Waals surface area contributed by atoms with Crippen LogP contribution in [0.1, 0.15) is 35.4 Å². The lowest BCUT2D eigenvalue weighted by atomic mass is 10.1. The molecule has 0 aliphatic carbocycles. The first-order chi connectivity index (χ1) is 13.3. The normalized spacial score (nSPS) is 17.4. The number of amides is 4. The summed E-state index contributed by atoms with van der Waals surface area (Å²) >= 11 is 7.01. The molecule has 3 heterocycles. The second-order valence-corrected chi connectivity index (χ2v) is 8.38. The number of hydrogen-bond acceptors (Lipinski definition) is 6. The molecule has 8 nitrogen and oxygen atoms in total. The van der Waals surface area contributed by atoms with Crippen LogP contribution in [-0.4, -0.2) is 76.8 Å². The lowest BCUT2D eigenvalue weighted by Crippen LogP contribution is -2.53. The Labute approximate surface area is 171 Å². The third kappa shape index (κ3) is 4.77. The molecule has 0 saturated carbocycles. The number of halogens is 1. The Bertz CT molecular complexity index is 800. The van der Waals surface area contributed by atoms with Gasteiger partial charge >= 0.3 is 0 Å². The molecule has 0 atom stereocenters. The molecule has 3 rings (SSSR count). The highest BCUT2D eigenvalue weighted by molar-refractivity contribution is 7.18. The van der Waals surface area contributed by atoms with E-state index in [1.54, 1.807) is 21.9 Å². The van der Waals surface area contributed by atoms with Crippen molar-refractivity contribution in [3.63, 3.8) is 0 Å². The van der Waals surface area contributed by atoms with Crippen molar-refractivity contribution in [1.82, 2.24) is 14.7 Å². The molecule has 150 valence electrons. The quantitative estimate of drug-likeness (QED) is 0.504. The van der Waals surface area contributed by atoms with E-state index in [9.17, 15) is 24.0 Å². The number of carbonyl (C=O) groups is 5. The summed E-state index contributed by atoms with van der Waals surface area (Å²) in [6.07, 6.45) is 0.544. The lowest BCUT2D eigenvalue weighted by molar-refractivity contribution is -0.147. The monoisotopic (exact) mass is 425 g/mol. The first-order valence-electron chi connectivity index (χ1n) is 9.02. The van der Waals surface area contributed by atoms with Crippen molar-refractivity contribution < 1.29 is 24.0 Å². The predicted octanol–water partition coefficient (Wildman–Crippen LogP) is 1.18. The van der Waals surface area contributed by atoms with Crippen LogP contribution in [0.3, 0.4) is 0 Å². The van der Waals surface area contributed by atoms with E-state index < -0.39 is 0 Å². The summed E-state index contributed by atoms with van der Waals surface area (Å²) in [4.78, 5) is 64.7. The first-order valence-corrected chi connectivity index (χ1v) is 10.2. The Balaban J connectivity index is 1.42. The van der Waals surface area contributed by atoms with Gasteiger partial charge in [0.05, 0.1) is 9.21 Å². The average molecular weight is 426 g/mol. The molecule has 10 heteroatoms. The van der Waals surface area contributed by atoms with Gasteiger partial charge in [-0.15, -0.1) is 11.3 Å². The molecule has 2 aliphatic heterocycles. The van der Waals surface area contributed by atoms with Crippen molar-refractivity contribution in [1.29, 1.82) is 0 Å². The number of ketones is 1. The molecule has 0 aromatic carbocycles. The molecular weight excluding hydrogens is 406 g/mol. The highest BCUT2D eigenvalue weighted by atomic mass is 35.5. The maximum absolute atomic E-state index is 12.3. The molecule has 0 radical (unpaired) electrons. The summed E-state index contributed by atoms with van der Waals surface area (Å²) in [6, 6.07) is 3.31. The molecule has 28 heavy (non-hydrogen) atoms. The predicted molar refractivity (Wildman–Crippen MR) is 102 cm³/mol. The number of thiophene rings is 1. The smallest absolute Gasteiger partial charge is 0.242 e. The van der Waals surface area contributed by atoms with E-state index in [1.807, 2.05) is 0 Å². The van der Waals surface area contributed by atoms with Crippen LogP contribution in [-0.2, 0) is 19.2 Å². The van der Waals surface area contributed by atoms with Crippen molar-refractivity contribution >= 4 is 52.3 Å². The molecule has 4 amide bonds. The molecule has 0 unspecified atom stereocenters. The molecule has 2 saturated heterocycles. The van der Waals surface area contributed by atoms with Gasteiger partial charge in [0.15, 0.2) is 5.78 Å². The van der Waals surface area contributed by atoms with Gasteiger partial charge in [-0.2, -0.15) is 0 Å². The van der Waals surface area contributed by atoms with E-state index in [4.69, 9.17) is 11.6 Å². The molecule has 0 spiro atoms. The zero-order chi connectivity index (χ0) is 20.3. The van der Waals surface area contributed by atoms with E-state index in [0.29, 0.717) is 35.4 Å². The van der Waals surface area contributed by atoms with E-state index in [2.05, 4.69) is 0 Å². The van der Waals surface area contributed by atoms with Gasteiger partial charge in [-0.25, -0.2) is 0 Å². The molecule has 1 aromatic rings. The van der Waals surface area contributed by atoms with E-state index in [1.165, 1.54) is 11.3 Å². The molecular formula is C18H20ClN3O5S. The number of imide groups is 1. The SMILES string of the molecule is O=C(CCC(=O)N1CCN(C(=O)CN2C(=O)CCC2=O)CC1)c1ccc(Cl)s1. The van der Waals surface area contributed by atoms with Crippen LogP contribution in [0.15, 0.2) is 12.1 Å². The van der Waals surface area contributed by atoms with E-state index in [0.717, 1.165) is 4.90 Å². The summed E-state index contributed by atoms with van der Waals surface area (Å²) in [6.45, 7) is 1.19. The Hall–Kier alpha value is -2.26. The van der Waals surface area contributed by atoms with Crippen molar-refractivity contribution in [2.24, 2.45) is 0 Å². The fourth-order valence-corrected chi connectivity index (χ4v) is 4.22. The average Bonchev–Trinajstić information content (AvgIpc) is 3.26. The summed E-state index contributed by atoms with van der Waals surface area (Å²) in [5, 5.41) is 0. The lowest BCUT2D eigenvalue weighted by Gasteiger charge is -2.35. The fraction of sp³-hybridized carbons (Fsp3) is 0.500. The van der Waals surface area contributed by atoms with Crippen LogP contribution in [0.2, 0.25) is 4.34 Å². The van der Waals surface area contributed by atoms with Crippen LogP contribution in [0, 0.1) is 0 Å². The Morgan fingerprint density at radius 1 is 0.893 bits per heavy atom. The van der Waals surface area contributed by atoms with Crippen LogP contribution >= 0.6 is 22.9 Å². The van der Waals surface area contributed by atoms with Gasteiger partial charge in [0.1, 0.15) is 6.54 Å². The molecule has 1 aromatic heterocycles. The third-order valence-corrected chi connectivity index (χ3v) is 6.12. The minimum atomic E-state index is -0.316. The Morgan fingerprint density at radius 3 is 2.00 bits per heavy atom. The molecule has 0 bridgehead atoms. The number of hydrogen-bond donors (Lipinski definition) is 0. The summed E-state index contributed by atoms with van der Waals surface area (Å²) < 4.78 is 0.535. The van der Waals surface area contributed by atoms with Gasteiger partial charge in [-0.3, -0.25) is 28.9 Å². The third-order valence-electron chi connectivity index (χ3n) is 4.85. The number of likely N-dealkylation sites (tertiary alicyclic amines) is 1. The fourth-order valence-electron chi connectivity index (χ4n) is 3.21. The Morgan fingerprint density at radius 2 is 1.46 bits per heavy atom. The highest BCUT2D eigenvalue weighted by Gasteiger charge is 2.33. The minimum Gasteiger partial charge on any atom is -0.339 e. The topological polar surface area (TPSA) is 95.1 Å². The highest BCUT2D eigenvalue weighted by Crippen LogP contribution is 2.23. The molecule has 2 fully saturated rings. The van der Waals surface area contributed by atoms with Crippen molar-refractivity contribution in [2.45, 2.75) is 25.7 Å². The number of nitrogens with zero attached hydrogens (tertiary/aromatic N) is 3. The largest absolute Gasteiger partial charge is 0.339 e. The van der Waals surface area contributed by atoms with Crippen molar-refractivity contribution in [3.8, 4) is 0 Å². The van der Waals surface area contributed by atoms with Gasteiger partial charge in [0.25, 0.3) is 0 Å². The molecule has 2 aliphatic rings. The second kappa shape index (κ2) is 8.83. The first kappa shape index (κ1) is 20.5. The van der Waals surface area contributed by atoms with Crippen LogP contribution < -0.4 is 0 Å². The standard InChI is InChI=1S/C18H20ClN3O5S/c19-14-3-2-13(28-14)12(23)1-4-15(24)20-7-9-21(10-8-20)18(27)11-22-16(25)5-6-17(22)26/h2-3H,1,4-11H2. The zero-order valence-electron chi connectivity index (χ0n) is 15.2. The van der Waals surface area contributed by atoms with Gasteiger partial charge in [-0.1, -0.05) is 11.6 Å². The van der Waals surface area contributed by atoms with Crippen molar-refractivity contribution in [3.05, 3.63) is 21.3 Å². The van der Waals surface area contributed by atoms with Gasteiger partial charge in [0, 0.05) is 51.9 Å². The minimum absolute atomic E-state index is 0.110. The molecule has 0 N–H and O–H groups in total. The van der Waals surface area contributed by atoms with Gasteiger partial charge in [-0.05, 0) is 12.1 Å². The van der Waals surface area contributed by atoms with Crippen LogP contribution in [0.25, 0.3) is 0 Å². The van der Waals surface area contributed by atoms with Gasteiger partial charge < -0.3 is 9.80 Å². The zero-order valence-corrected chi connectivity index (χ0v) is 16.8. The van der Waals surface area contributed by atoms with Crippen LogP contribution in [0.5, 0.6) is 0 Å². The van der Waals surface area contributed by atoms with Crippen LogP contribution in [0.4, 0.5) is 0 Å². The number of piperazine rings is 1.